The minimum atomic E-state index is -0.565. The van der Waals surface area contributed by atoms with E-state index in [0.29, 0.717) is 12.4 Å². The van der Waals surface area contributed by atoms with Crippen molar-refractivity contribution < 1.29 is 9.66 Å². The van der Waals surface area contributed by atoms with Gasteiger partial charge in [-0.2, -0.15) is 10.5 Å². The van der Waals surface area contributed by atoms with Crippen LogP contribution in [0.15, 0.2) is 30.0 Å². The van der Waals surface area contributed by atoms with Crippen molar-refractivity contribution in [2.45, 2.75) is 6.92 Å². The van der Waals surface area contributed by atoms with Crippen molar-refractivity contribution in [3.63, 3.8) is 0 Å². The van der Waals surface area contributed by atoms with Gasteiger partial charge in [0.15, 0.2) is 0 Å². The quantitative estimate of drug-likeness (QED) is 0.492. The third-order valence-corrected chi connectivity index (χ3v) is 2.09. The number of nitriles is 2. The number of benzene rings is 1. The number of ether oxygens (including phenoxy) is 1. The van der Waals surface area contributed by atoms with Gasteiger partial charge in [-0.25, -0.2) is 0 Å². The van der Waals surface area contributed by atoms with Crippen LogP contribution in [0.3, 0.4) is 0 Å². The van der Waals surface area contributed by atoms with Crippen molar-refractivity contribution in [2.24, 2.45) is 0 Å². The van der Waals surface area contributed by atoms with Crippen LogP contribution < -0.4 is 10.1 Å². The Kier molecular flexibility index (Phi) is 4.88. The van der Waals surface area contributed by atoms with E-state index in [-0.39, 0.29) is 16.9 Å². The Bertz CT molecular complexity index is 580. The van der Waals surface area contributed by atoms with Crippen molar-refractivity contribution >= 4 is 11.4 Å². The Morgan fingerprint density at radius 3 is 2.74 bits per heavy atom. The molecular weight excluding hydrogens is 248 g/mol. The number of hydrogen-bond donors (Lipinski definition) is 1. The summed E-state index contributed by atoms with van der Waals surface area (Å²) in [5, 5.41) is 30.6. The molecule has 7 nitrogen and oxygen atoms in total. The zero-order chi connectivity index (χ0) is 14.3. The number of rotatable bonds is 5. The van der Waals surface area contributed by atoms with E-state index in [4.69, 9.17) is 15.3 Å². The predicted octanol–water partition coefficient (Wildman–Crippen LogP) is 2.34. The topological polar surface area (TPSA) is 112 Å². The third kappa shape index (κ3) is 3.72. The first-order chi connectivity index (χ1) is 9.12. The van der Waals surface area contributed by atoms with Gasteiger partial charge in [0.05, 0.1) is 11.5 Å². The normalized spacial score (nSPS) is 8.79. The van der Waals surface area contributed by atoms with E-state index in [2.05, 4.69) is 5.32 Å². The first kappa shape index (κ1) is 14.0. The van der Waals surface area contributed by atoms with Gasteiger partial charge in [0.2, 0.25) is 0 Å². The van der Waals surface area contributed by atoms with E-state index in [1.54, 1.807) is 19.1 Å². The fraction of sp³-hybridized carbons (Fsp3) is 0.167. The maximum absolute atomic E-state index is 10.8. The summed E-state index contributed by atoms with van der Waals surface area (Å²) in [6.07, 6.45) is 1.11. The summed E-state index contributed by atoms with van der Waals surface area (Å²) in [7, 11) is 0. The van der Waals surface area contributed by atoms with Gasteiger partial charge >= 0.3 is 0 Å². The molecule has 0 aliphatic carbocycles. The van der Waals surface area contributed by atoms with Gasteiger partial charge < -0.3 is 10.1 Å². The standard InChI is InChI=1S/C12H10N4O3/c1-2-19-10-3-4-12(16(17)18)11(5-10)15-8-9(6-13)7-14/h3-5,8,15H,2H2,1H3. The number of nitro groups is 1. The highest BCUT2D eigenvalue weighted by atomic mass is 16.6. The fourth-order valence-corrected chi connectivity index (χ4v) is 1.29. The smallest absolute Gasteiger partial charge is 0.292 e. The Labute approximate surface area is 109 Å². The Hall–Kier alpha value is -3.06. The molecule has 0 aliphatic rings. The van der Waals surface area contributed by atoms with Gasteiger partial charge in [0.25, 0.3) is 5.69 Å². The average molecular weight is 258 g/mol. The molecule has 0 aromatic heterocycles. The highest BCUT2D eigenvalue weighted by Gasteiger charge is 2.14. The van der Waals surface area contributed by atoms with Gasteiger partial charge in [-0.1, -0.05) is 0 Å². The highest BCUT2D eigenvalue weighted by Crippen LogP contribution is 2.29. The van der Waals surface area contributed by atoms with Gasteiger partial charge in [-0.05, 0) is 13.0 Å². The van der Waals surface area contributed by atoms with E-state index >= 15 is 0 Å². The van der Waals surface area contributed by atoms with E-state index in [1.807, 2.05) is 0 Å². The molecule has 0 spiro atoms. The maximum atomic E-state index is 10.8. The van der Waals surface area contributed by atoms with Gasteiger partial charge in [-0.3, -0.25) is 10.1 Å². The average Bonchev–Trinajstić information content (AvgIpc) is 2.40. The monoisotopic (exact) mass is 258 g/mol. The minimum absolute atomic E-state index is 0.152. The third-order valence-electron chi connectivity index (χ3n) is 2.09. The Balaban J connectivity index is 3.12. The molecule has 7 heteroatoms. The molecule has 0 saturated carbocycles. The highest BCUT2D eigenvalue weighted by molar-refractivity contribution is 5.66. The predicted molar refractivity (Wildman–Crippen MR) is 67.2 cm³/mol. The van der Waals surface area contributed by atoms with E-state index < -0.39 is 4.92 Å². The van der Waals surface area contributed by atoms with Crippen molar-refractivity contribution in [3.05, 3.63) is 40.1 Å². The van der Waals surface area contributed by atoms with Crippen LogP contribution in [-0.4, -0.2) is 11.5 Å². The first-order valence-electron chi connectivity index (χ1n) is 5.30. The minimum Gasteiger partial charge on any atom is -0.494 e. The lowest BCUT2D eigenvalue weighted by molar-refractivity contribution is -0.383. The van der Waals surface area contributed by atoms with Crippen LogP contribution in [-0.2, 0) is 0 Å². The summed E-state index contributed by atoms with van der Waals surface area (Å²) in [4.78, 5) is 10.3. The molecule has 1 rings (SSSR count). The molecule has 0 heterocycles. The van der Waals surface area contributed by atoms with Gasteiger partial charge in [0, 0.05) is 18.3 Å². The van der Waals surface area contributed by atoms with Crippen molar-refractivity contribution in [1.82, 2.24) is 0 Å². The zero-order valence-electron chi connectivity index (χ0n) is 10.1. The lowest BCUT2D eigenvalue weighted by Gasteiger charge is -2.06. The molecular formula is C12H10N4O3. The molecule has 0 saturated heterocycles. The van der Waals surface area contributed by atoms with Crippen LogP contribution in [0.4, 0.5) is 11.4 Å². The first-order valence-corrected chi connectivity index (χ1v) is 5.30. The van der Waals surface area contributed by atoms with Crippen molar-refractivity contribution in [2.75, 3.05) is 11.9 Å². The Morgan fingerprint density at radius 2 is 2.21 bits per heavy atom. The number of nitrogens with one attached hydrogen (secondary N) is 1. The van der Waals surface area contributed by atoms with E-state index in [9.17, 15) is 10.1 Å². The lowest BCUT2D eigenvalue weighted by atomic mass is 10.2. The molecule has 19 heavy (non-hydrogen) atoms. The molecule has 1 aromatic carbocycles. The Morgan fingerprint density at radius 1 is 1.53 bits per heavy atom. The number of hydrogen-bond acceptors (Lipinski definition) is 6. The van der Waals surface area contributed by atoms with E-state index in [0.717, 1.165) is 6.20 Å². The second kappa shape index (κ2) is 6.62. The summed E-state index contributed by atoms with van der Waals surface area (Å²) in [5.74, 6) is 0.458. The van der Waals surface area contributed by atoms with Crippen LogP contribution in [0.25, 0.3) is 0 Å². The molecule has 1 N–H and O–H groups in total. The molecule has 0 unspecified atom stereocenters. The zero-order valence-corrected chi connectivity index (χ0v) is 10.1. The largest absolute Gasteiger partial charge is 0.494 e. The SMILES string of the molecule is CCOc1ccc([N+](=O)[O-])c(NC=C(C#N)C#N)c1. The molecule has 1 aromatic rings. The second-order valence-electron chi connectivity index (χ2n) is 3.30. The van der Waals surface area contributed by atoms with Gasteiger partial charge in [0.1, 0.15) is 29.1 Å². The summed E-state index contributed by atoms with van der Waals surface area (Å²) in [6, 6.07) is 7.50. The maximum Gasteiger partial charge on any atom is 0.292 e. The molecule has 0 amide bonds. The van der Waals surface area contributed by atoms with Crippen LogP contribution >= 0.6 is 0 Å². The van der Waals surface area contributed by atoms with Crippen LogP contribution in [0.2, 0.25) is 0 Å². The summed E-state index contributed by atoms with van der Waals surface area (Å²) in [6.45, 7) is 2.21. The summed E-state index contributed by atoms with van der Waals surface area (Å²) < 4.78 is 5.23. The van der Waals surface area contributed by atoms with Gasteiger partial charge in [-0.15, -0.1) is 0 Å². The number of allylic oxidation sites excluding steroid dienone is 1. The van der Waals surface area contributed by atoms with Crippen LogP contribution in [0.1, 0.15) is 6.92 Å². The fourth-order valence-electron chi connectivity index (χ4n) is 1.29. The van der Waals surface area contributed by atoms with Crippen molar-refractivity contribution in [1.29, 1.82) is 10.5 Å². The lowest BCUT2D eigenvalue weighted by Crippen LogP contribution is -1.99. The molecule has 96 valence electrons. The molecule has 0 bridgehead atoms. The summed E-state index contributed by atoms with van der Waals surface area (Å²) >= 11 is 0. The second-order valence-corrected chi connectivity index (χ2v) is 3.30. The molecule has 0 atom stereocenters. The van der Waals surface area contributed by atoms with Crippen molar-refractivity contribution in [3.8, 4) is 17.9 Å². The summed E-state index contributed by atoms with van der Waals surface area (Å²) in [5.41, 5.74) is -0.204. The number of anilines is 1. The molecule has 0 radical (unpaired) electrons. The number of nitrogens with zero attached hydrogens (tertiary/aromatic N) is 3. The molecule has 0 aliphatic heterocycles. The van der Waals surface area contributed by atoms with Crippen LogP contribution in [0, 0.1) is 32.8 Å². The van der Waals surface area contributed by atoms with E-state index in [1.165, 1.54) is 18.2 Å². The molecule has 0 fully saturated rings. The van der Waals surface area contributed by atoms with Crippen LogP contribution in [0.5, 0.6) is 5.75 Å². The number of nitro benzene ring substituents is 1.